The highest BCUT2D eigenvalue weighted by Crippen LogP contribution is 2.12. The Morgan fingerprint density at radius 1 is 1.35 bits per heavy atom. The molecule has 1 fully saturated rings. The quantitative estimate of drug-likeness (QED) is 0.261. The molecule has 9 heteroatoms. The van der Waals surface area contributed by atoms with Crippen LogP contribution in [-0.4, -0.2) is 82.5 Å². The summed E-state index contributed by atoms with van der Waals surface area (Å²) in [6.45, 7) is 2.06. The highest BCUT2D eigenvalue weighted by molar-refractivity contribution is 5.89. The molecule has 1 aliphatic rings. The number of unbranched alkanes of at least 4 members (excludes halogenated alkanes) is 1. The largest absolute Gasteiger partial charge is 0.391 e. The molecule has 0 spiro atoms. The number of nitrogens with one attached hydrogen (secondary N) is 2. The Balaban J connectivity index is 2.70. The van der Waals surface area contributed by atoms with E-state index in [0.29, 0.717) is 12.8 Å². The first-order chi connectivity index (χ1) is 12.3. The minimum Gasteiger partial charge on any atom is -0.391 e. The van der Waals surface area contributed by atoms with Crippen LogP contribution in [0.3, 0.4) is 0 Å². The van der Waals surface area contributed by atoms with Crippen LogP contribution in [0.2, 0.25) is 0 Å². The Labute approximate surface area is 153 Å². The van der Waals surface area contributed by atoms with Crippen molar-refractivity contribution in [3.05, 3.63) is 12.2 Å². The van der Waals surface area contributed by atoms with Gasteiger partial charge in [-0.05, 0) is 19.3 Å². The second kappa shape index (κ2) is 11.2. The molecular formula is C17H30N2O7. The fourth-order valence-electron chi connectivity index (χ4n) is 2.62. The zero-order chi connectivity index (χ0) is 19.7. The molecular weight excluding hydrogens is 344 g/mol. The number of aliphatic hydroxyl groups excluding tert-OH is 4. The minimum absolute atomic E-state index is 0.108. The van der Waals surface area contributed by atoms with Crippen LogP contribution in [0.15, 0.2) is 12.2 Å². The molecule has 6 N–H and O–H groups in total. The van der Waals surface area contributed by atoms with Gasteiger partial charge in [-0.1, -0.05) is 25.5 Å². The molecule has 0 bridgehead atoms. The molecule has 1 aliphatic heterocycles. The predicted molar refractivity (Wildman–Crippen MR) is 93.0 cm³/mol. The number of methoxy groups -OCH3 is 1. The number of carbonyl (C=O) groups excluding carboxylic acids is 2. The summed E-state index contributed by atoms with van der Waals surface area (Å²) in [6, 6.07) is -0.879. The minimum atomic E-state index is -1.69. The number of β-amino-alcohol motifs (C(OH)–C–C–N with tert-alkyl or cyclic N) is 1. The lowest BCUT2D eigenvalue weighted by Gasteiger charge is -2.28. The molecule has 1 heterocycles. The Bertz CT molecular complexity index is 486. The molecule has 0 unspecified atom stereocenters. The summed E-state index contributed by atoms with van der Waals surface area (Å²) < 4.78 is 4.96. The van der Waals surface area contributed by atoms with Gasteiger partial charge in [0.2, 0.25) is 5.91 Å². The summed E-state index contributed by atoms with van der Waals surface area (Å²) in [5.74, 6) is -1.23. The van der Waals surface area contributed by atoms with Crippen LogP contribution in [0.1, 0.15) is 32.6 Å². The molecule has 2 amide bonds. The van der Waals surface area contributed by atoms with Gasteiger partial charge in [0.05, 0.1) is 6.10 Å². The molecule has 1 rings (SSSR count). The molecule has 0 aromatic carbocycles. The number of aliphatic hydroxyl groups is 4. The van der Waals surface area contributed by atoms with Crippen molar-refractivity contribution in [1.82, 2.24) is 10.6 Å². The van der Waals surface area contributed by atoms with Crippen molar-refractivity contribution < 1.29 is 34.8 Å². The van der Waals surface area contributed by atoms with Crippen LogP contribution in [0, 0.1) is 0 Å². The first kappa shape index (κ1) is 22.5. The zero-order valence-electron chi connectivity index (χ0n) is 15.2. The van der Waals surface area contributed by atoms with Gasteiger partial charge >= 0.3 is 0 Å². The molecule has 0 radical (unpaired) electrons. The number of carbonyl (C=O) groups is 2. The van der Waals surface area contributed by atoms with Crippen LogP contribution < -0.4 is 10.6 Å². The van der Waals surface area contributed by atoms with E-state index in [0.717, 1.165) is 6.42 Å². The van der Waals surface area contributed by atoms with E-state index in [1.54, 1.807) is 6.08 Å². The van der Waals surface area contributed by atoms with E-state index in [-0.39, 0.29) is 13.0 Å². The zero-order valence-corrected chi connectivity index (χ0v) is 15.2. The highest BCUT2D eigenvalue weighted by Gasteiger charge is 2.37. The van der Waals surface area contributed by atoms with Gasteiger partial charge in [0.25, 0.3) is 5.91 Å². The third-order valence-electron chi connectivity index (χ3n) is 4.24. The van der Waals surface area contributed by atoms with Gasteiger partial charge in [0.15, 0.2) is 6.10 Å². The normalized spacial score (nSPS) is 25.8. The third kappa shape index (κ3) is 6.65. The number of hydrogen-bond acceptors (Lipinski definition) is 7. The van der Waals surface area contributed by atoms with Crippen molar-refractivity contribution in [1.29, 1.82) is 0 Å². The summed E-state index contributed by atoms with van der Waals surface area (Å²) in [6.07, 6.45) is -1.70. The highest BCUT2D eigenvalue weighted by atomic mass is 16.5. The Morgan fingerprint density at radius 3 is 2.65 bits per heavy atom. The van der Waals surface area contributed by atoms with Gasteiger partial charge in [-0.25, -0.2) is 0 Å². The second-order valence-corrected chi connectivity index (χ2v) is 6.38. The van der Waals surface area contributed by atoms with E-state index < -0.39 is 48.4 Å². The first-order valence-corrected chi connectivity index (χ1v) is 8.81. The lowest BCUT2D eigenvalue weighted by molar-refractivity contribution is -0.150. The SMILES string of the molecule is CCC/C=C/[C@@H](O)[C@H](O)[C@@H](O)[C@@H](OC)C(=O)N[C@H]1CC[C@@H](O)CNC1=O. The van der Waals surface area contributed by atoms with Gasteiger partial charge in [0, 0.05) is 13.7 Å². The summed E-state index contributed by atoms with van der Waals surface area (Å²) in [7, 11) is 1.18. The topological polar surface area (TPSA) is 148 Å². The molecule has 0 saturated carbocycles. The maximum atomic E-state index is 12.4. The molecule has 0 aromatic heterocycles. The van der Waals surface area contributed by atoms with E-state index in [1.807, 2.05) is 6.92 Å². The van der Waals surface area contributed by atoms with Gasteiger partial charge in [0.1, 0.15) is 24.4 Å². The van der Waals surface area contributed by atoms with Crippen LogP contribution in [0.25, 0.3) is 0 Å². The van der Waals surface area contributed by atoms with Crippen molar-refractivity contribution in [2.24, 2.45) is 0 Å². The Kier molecular flexibility index (Phi) is 9.74. The monoisotopic (exact) mass is 374 g/mol. The van der Waals surface area contributed by atoms with Crippen molar-refractivity contribution in [3.8, 4) is 0 Å². The molecule has 9 nitrogen and oxygen atoms in total. The van der Waals surface area contributed by atoms with Gasteiger partial charge < -0.3 is 35.8 Å². The standard InChI is InChI=1S/C17H30N2O7/c1-3-4-5-6-12(21)13(22)14(23)15(26-2)17(25)19-11-8-7-10(20)9-18-16(11)24/h5-6,10-15,20-23H,3-4,7-9H2,1-2H3,(H,18,24)(H,19,25)/b6-5+/t10-,11+,12-,13+,14-,15-/m1/s1. The molecule has 0 aliphatic carbocycles. The summed E-state index contributed by atoms with van der Waals surface area (Å²) in [4.78, 5) is 24.3. The van der Waals surface area contributed by atoms with Crippen LogP contribution in [-0.2, 0) is 14.3 Å². The number of rotatable bonds is 9. The Hall–Kier alpha value is -1.52. The van der Waals surface area contributed by atoms with E-state index in [9.17, 15) is 30.0 Å². The fraction of sp³-hybridized carbons (Fsp3) is 0.765. The smallest absolute Gasteiger partial charge is 0.252 e. The number of ether oxygens (including phenoxy) is 1. The maximum Gasteiger partial charge on any atom is 0.252 e. The maximum absolute atomic E-state index is 12.4. The molecule has 6 atom stereocenters. The van der Waals surface area contributed by atoms with E-state index in [2.05, 4.69) is 10.6 Å². The Morgan fingerprint density at radius 2 is 2.04 bits per heavy atom. The predicted octanol–water partition coefficient (Wildman–Crippen LogP) is -1.80. The molecule has 0 aromatic rings. The number of amides is 2. The fourth-order valence-corrected chi connectivity index (χ4v) is 2.62. The number of hydrogen-bond donors (Lipinski definition) is 6. The first-order valence-electron chi connectivity index (χ1n) is 8.81. The van der Waals surface area contributed by atoms with Crippen molar-refractivity contribution in [2.75, 3.05) is 13.7 Å². The summed E-state index contributed by atoms with van der Waals surface area (Å²) in [5, 5.41) is 44.7. The van der Waals surface area contributed by atoms with E-state index in [4.69, 9.17) is 4.74 Å². The lowest BCUT2D eigenvalue weighted by Crippen LogP contribution is -2.55. The van der Waals surface area contributed by atoms with Crippen molar-refractivity contribution >= 4 is 11.8 Å². The van der Waals surface area contributed by atoms with Crippen molar-refractivity contribution in [3.63, 3.8) is 0 Å². The van der Waals surface area contributed by atoms with Gasteiger partial charge in [-0.3, -0.25) is 9.59 Å². The van der Waals surface area contributed by atoms with Crippen LogP contribution in [0.5, 0.6) is 0 Å². The average Bonchev–Trinajstić information content (AvgIpc) is 2.77. The molecule has 26 heavy (non-hydrogen) atoms. The average molecular weight is 374 g/mol. The summed E-state index contributed by atoms with van der Waals surface area (Å²) >= 11 is 0. The van der Waals surface area contributed by atoms with Gasteiger partial charge in [-0.15, -0.1) is 0 Å². The molecule has 150 valence electrons. The van der Waals surface area contributed by atoms with Gasteiger partial charge in [-0.2, -0.15) is 0 Å². The second-order valence-electron chi connectivity index (χ2n) is 6.38. The lowest BCUT2D eigenvalue weighted by atomic mass is 10.0. The van der Waals surface area contributed by atoms with Crippen molar-refractivity contribution in [2.45, 2.75) is 69.2 Å². The van der Waals surface area contributed by atoms with Crippen LogP contribution >= 0.6 is 0 Å². The number of allylic oxidation sites excluding steroid dienone is 1. The third-order valence-corrected chi connectivity index (χ3v) is 4.24. The molecule has 1 saturated heterocycles. The summed E-state index contributed by atoms with van der Waals surface area (Å²) in [5.41, 5.74) is 0. The van der Waals surface area contributed by atoms with E-state index in [1.165, 1.54) is 13.2 Å². The van der Waals surface area contributed by atoms with Crippen LogP contribution in [0.4, 0.5) is 0 Å². The van der Waals surface area contributed by atoms with E-state index >= 15 is 0 Å².